The highest BCUT2D eigenvalue weighted by Crippen LogP contribution is 2.28. The molecule has 188 valence electrons. The van der Waals surface area contributed by atoms with Crippen LogP contribution in [0.15, 0.2) is 96.1 Å². The van der Waals surface area contributed by atoms with Crippen LogP contribution in [0.5, 0.6) is 17.2 Å². The first-order chi connectivity index (χ1) is 18.1. The number of para-hydroxylation sites is 1. The van der Waals surface area contributed by atoms with Gasteiger partial charge in [-0.25, -0.2) is 5.43 Å². The minimum absolute atomic E-state index is 0.169. The molecule has 0 heterocycles. The molecule has 4 aromatic rings. The summed E-state index contributed by atoms with van der Waals surface area (Å²) in [5.74, 6) is 0.818. The van der Waals surface area contributed by atoms with Gasteiger partial charge in [-0.05, 0) is 65.7 Å². The van der Waals surface area contributed by atoms with Gasteiger partial charge in [0.25, 0.3) is 11.8 Å². The summed E-state index contributed by atoms with van der Waals surface area (Å²) in [4.78, 5) is 24.3. The molecule has 8 nitrogen and oxygen atoms in total. The molecule has 0 saturated carbocycles. The third-order valence-electron chi connectivity index (χ3n) is 5.18. The summed E-state index contributed by atoms with van der Waals surface area (Å²) in [5.41, 5.74) is 3.82. The van der Waals surface area contributed by atoms with E-state index in [-0.39, 0.29) is 25.0 Å². The Bertz CT molecular complexity index is 1390. The highest BCUT2D eigenvalue weighted by Gasteiger charge is 2.10. The fourth-order valence-electron chi connectivity index (χ4n) is 3.47. The Morgan fingerprint density at radius 2 is 1.51 bits per heavy atom. The van der Waals surface area contributed by atoms with Crippen LogP contribution in [-0.4, -0.2) is 37.8 Å². The second-order valence-corrected chi connectivity index (χ2v) is 7.93. The van der Waals surface area contributed by atoms with Crippen molar-refractivity contribution >= 4 is 34.5 Å². The zero-order valence-corrected chi connectivity index (χ0v) is 20.3. The molecule has 0 aliphatic rings. The Morgan fingerprint density at radius 3 is 2.32 bits per heavy atom. The maximum Gasteiger partial charge on any atom is 0.277 e. The van der Waals surface area contributed by atoms with Crippen LogP contribution >= 0.6 is 0 Å². The van der Waals surface area contributed by atoms with Gasteiger partial charge < -0.3 is 19.5 Å². The Morgan fingerprint density at radius 1 is 0.757 bits per heavy atom. The van der Waals surface area contributed by atoms with E-state index >= 15 is 0 Å². The Balaban J connectivity index is 1.28. The minimum Gasteiger partial charge on any atom is -0.490 e. The van der Waals surface area contributed by atoms with E-state index in [0.717, 1.165) is 10.8 Å². The summed E-state index contributed by atoms with van der Waals surface area (Å²) in [5, 5.41) is 8.89. The highest BCUT2D eigenvalue weighted by molar-refractivity contribution is 5.92. The number of hydrogen-bond acceptors (Lipinski definition) is 6. The summed E-state index contributed by atoms with van der Waals surface area (Å²) >= 11 is 0. The number of nitrogens with one attached hydrogen (secondary N) is 2. The lowest BCUT2D eigenvalue weighted by Crippen LogP contribution is -2.24. The third-order valence-corrected chi connectivity index (χ3v) is 5.18. The van der Waals surface area contributed by atoms with Crippen LogP contribution in [0.1, 0.15) is 12.5 Å². The average Bonchev–Trinajstić information content (AvgIpc) is 2.92. The molecule has 0 radical (unpaired) electrons. The zero-order chi connectivity index (χ0) is 25.9. The number of hydrogen-bond donors (Lipinski definition) is 2. The van der Waals surface area contributed by atoms with Crippen molar-refractivity contribution in [1.82, 2.24) is 5.43 Å². The van der Waals surface area contributed by atoms with Crippen molar-refractivity contribution < 1.29 is 23.8 Å². The second kappa shape index (κ2) is 12.7. The van der Waals surface area contributed by atoms with Gasteiger partial charge in [0.15, 0.2) is 24.7 Å². The van der Waals surface area contributed by atoms with Crippen LogP contribution in [-0.2, 0) is 9.59 Å². The number of rotatable bonds is 11. The molecule has 4 rings (SSSR count). The quantitative estimate of drug-likeness (QED) is 0.229. The van der Waals surface area contributed by atoms with Gasteiger partial charge in [0.2, 0.25) is 0 Å². The van der Waals surface area contributed by atoms with Gasteiger partial charge in [-0.2, -0.15) is 5.10 Å². The largest absolute Gasteiger partial charge is 0.490 e. The zero-order valence-electron chi connectivity index (χ0n) is 20.3. The lowest BCUT2D eigenvalue weighted by Gasteiger charge is -2.12. The molecule has 4 aromatic carbocycles. The first-order valence-electron chi connectivity index (χ1n) is 11.8. The number of amides is 2. The van der Waals surface area contributed by atoms with Crippen molar-refractivity contribution in [2.75, 3.05) is 25.1 Å². The van der Waals surface area contributed by atoms with Gasteiger partial charge in [-0.1, -0.05) is 48.5 Å². The highest BCUT2D eigenvalue weighted by atomic mass is 16.5. The van der Waals surface area contributed by atoms with Gasteiger partial charge in [0, 0.05) is 5.69 Å². The number of carbonyl (C=O) groups is 2. The predicted octanol–water partition coefficient (Wildman–Crippen LogP) is 4.79. The van der Waals surface area contributed by atoms with Crippen molar-refractivity contribution in [3.63, 3.8) is 0 Å². The van der Waals surface area contributed by atoms with Crippen molar-refractivity contribution in [2.45, 2.75) is 6.92 Å². The summed E-state index contributed by atoms with van der Waals surface area (Å²) in [7, 11) is 0. The Labute approximate surface area is 214 Å². The summed E-state index contributed by atoms with van der Waals surface area (Å²) in [6, 6.07) is 27.9. The molecule has 37 heavy (non-hydrogen) atoms. The molecule has 0 aliphatic heterocycles. The molecule has 0 spiro atoms. The molecule has 0 fully saturated rings. The van der Waals surface area contributed by atoms with Crippen LogP contribution in [0.2, 0.25) is 0 Å². The number of carbonyl (C=O) groups excluding carboxylic acids is 2. The van der Waals surface area contributed by atoms with E-state index in [1.165, 1.54) is 6.21 Å². The Hall–Kier alpha value is -4.85. The molecule has 0 aromatic heterocycles. The van der Waals surface area contributed by atoms with Crippen LogP contribution < -0.4 is 25.0 Å². The number of hydrazone groups is 1. The maximum absolute atomic E-state index is 12.2. The monoisotopic (exact) mass is 497 g/mol. The van der Waals surface area contributed by atoms with Crippen molar-refractivity contribution in [3.05, 3.63) is 96.6 Å². The molecule has 2 amide bonds. The van der Waals surface area contributed by atoms with Gasteiger partial charge in [0.05, 0.1) is 12.8 Å². The lowest BCUT2D eigenvalue weighted by atomic mass is 10.1. The van der Waals surface area contributed by atoms with E-state index in [9.17, 15) is 9.59 Å². The first kappa shape index (κ1) is 25.2. The van der Waals surface area contributed by atoms with E-state index in [1.807, 2.05) is 67.6 Å². The van der Waals surface area contributed by atoms with Crippen molar-refractivity contribution in [2.24, 2.45) is 5.10 Å². The minimum atomic E-state index is -0.390. The number of anilines is 1. The molecule has 0 saturated heterocycles. The Kier molecular flexibility index (Phi) is 8.69. The fraction of sp³-hybridized carbons (Fsp3) is 0.138. The van der Waals surface area contributed by atoms with E-state index in [0.29, 0.717) is 35.1 Å². The molecular formula is C29H27N3O5. The molecule has 0 atom stereocenters. The molecule has 0 unspecified atom stereocenters. The number of fused-ring (bicyclic) bond motifs is 1. The molecule has 0 aliphatic carbocycles. The normalized spacial score (nSPS) is 10.7. The SMILES string of the molecule is CCOc1cc(C=NNC(=O)COc2ccc3ccccc3c2)ccc1OCC(=O)Nc1ccccc1. The summed E-state index contributed by atoms with van der Waals surface area (Å²) < 4.78 is 16.9. The molecular weight excluding hydrogens is 470 g/mol. The number of ether oxygens (including phenoxy) is 3. The fourth-order valence-corrected chi connectivity index (χ4v) is 3.47. The van der Waals surface area contributed by atoms with Gasteiger partial charge in [0.1, 0.15) is 5.75 Å². The second-order valence-electron chi connectivity index (χ2n) is 7.93. The summed E-state index contributed by atoms with van der Waals surface area (Å²) in [6.07, 6.45) is 1.49. The van der Waals surface area contributed by atoms with Crippen LogP contribution in [0.4, 0.5) is 5.69 Å². The van der Waals surface area contributed by atoms with Gasteiger partial charge in [-0.3, -0.25) is 9.59 Å². The van der Waals surface area contributed by atoms with Gasteiger partial charge >= 0.3 is 0 Å². The van der Waals surface area contributed by atoms with E-state index in [1.54, 1.807) is 30.3 Å². The van der Waals surface area contributed by atoms with Crippen molar-refractivity contribution in [1.29, 1.82) is 0 Å². The number of benzene rings is 4. The molecule has 0 bridgehead atoms. The van der Waals surface area contributed by atoms with Crippen LogP contribution in [0.3, 0.4) is 0 Å². The smallest absolute Gasteiger partial charge is 0.277 e. The summed E-state index contributed by atoms with van der Waals surface area (Å²) in [6.45, 7) is 1.92. The van der Waals surface area contributed by atoms with Gasteiger partial charge in [-0.15, -0.1) is 0 Å². The lowest BCUT2D eigenvalue weighted by molar-refractivity contribution is -0.123. The van der Waals surface area contributed by atoms with Crippen molar-refractivity contribution in [3.8, 4) is 17.2 Å². The van der Waals surface area contributed by atoms with E-state index in [4.69, 9.17) is 14.2 Å². The third kappa shape index (κ3) is 7.57. The number of nitrogens with zero attached hydrogens (tertiary/aromatic N) is 1. The topological polar surface area (TPSA) is 98.2 Å². The van der Waals surface area contributed by atoms with E-state index < -0.39 is 0 Å². The predicted molar refractivity (Wildman–Crippen MR) is 143 cm³/mol. The average molecular weight is 498 g/mol. The standard InChI is InChI=1S/C29H27N3O5/c1-2-35-27-16-21(12-15-26(27)37-19-28(33)31-24-10-4-3-5-11-24)18-30-32-29(34)20-36-25-14-13-22-8-6-7-9-23(22)17-25/h3-18H,2,19-20H2,1H3,(H,31,33)(H,32,34). The first-order valence-corrected chi connectivity index (χ1v) is 11.8. The van der Waals surface area contributed by atoms with Crippen LogP contribution in [0.25, 0.3) is 10.8 Å². The molecule has 2 N–H and O–H groups in total. The van der Waals surface area contributed by atoms with Crippen LogP contribution in [0, 0.1) is 0 Å². The van der Waals surface area contributed by atoms with E-state index in [2.05, 4.69) is 15.8 Å². The molecule has 8 heteroatoms. The maximum atomic E-state index is 12.2.